The molecule has 2 aromatic rings. The second-order valence-corrected chi connectivity index (χ2v) is 19.7. The topological polar surface area (TPSA) is 128 Å². The van der Waals surface area contributed by atoms with Gasteiger partial charge in [0.1, 0.15) is 16.8 Å². The normalized spacial score (nSPS) is 16.6. The Balaban J connectivity index is 1.29. The highest BCUT2D eigenvalue weighted by Gasteiger charge is 2.39. The quantitative estimate of drug-likeness (QED) is 0.177. The monoisotopic (exact) mass is 863 g/mol. The molecule has 60 heavy (non-hydrogen) atoms. The zero-order chi connectivity index (χ0) is 44.0. The number of piperidine rings is 1. The number of benzene rings is 2. The second-order valence-electron chi connectivity index (χ2n) is 18.6. The van der Waals surface area contributed by atoms with Crippen molar-refractivity contribution in [3.8, 4) is 0 Å². The number of fused-ring (bicyclic) bond motifs is 2. The van der Waals surface area contributed by atoms with Gasteiger partial charge in [-0.3, -0.25) is 4.90 Å². The lowest BCUT2D eigenvalue weighted by molar-refractivity contribution is -0.137. The van der Waals surface area contributed by atoms with E-state index in [4.69, 9.17) is 14.2 Å². The van der Waals surface area contributed by atoms with E-state index < -0.39 is 46.8 Å². The Bertz CT molecular complexity index is 1780. The minimum Gasteiger partial charge on any atom is -0.444 e. The van der Waals surface area contributed by atoms with E-state index in [1.54, 1.807) is 62.3 Å². The molecule has 17 heteroatoms. The van der Waals surface area contributed by atoms with Crippen LogP contribution in [0, 0.1) is 0 Å². The van der Waals surface area contributed by atoms with E-state index in [1.807, 2.05) is 18.2 Å². The summed E-state index contributed by atoms with van der Waals surface area (Å²) in [7, 11) is 0. The number of likely N-dealkylation sites (tertiary alicyclic amines) is 1. The Morgan fingerprint density at radius 1 is 0.750 bits per heavy atom. The minimum atomic E-state index is -4.61. The zero-order valence-corrected chi connectivity index (χ0v) is 37.5. The lowest BCUT2D eigenvalue weighted by Gasteiger charge is -2.37. The molecule has 0 saturated carbocycles. The van der Waals surface area contributed by atoms with E-state index in [1.165, 1.54) is 16.7 Å². The first-order valence-electron chi connectivity index (χ1n) is 20.9. The van der Waals surface area contributed by atoms with Crippen LogP contribution in [0.1, 0.15) is 93.6 Å². The number of hydrogen-bond donors (Lipinski definition) is 3. The van der Waals surface area contributed by atoms with Gasteiger partial charge in [-0.25, -0.2) is 19.3 Å². The molecule has 13 nitrogen and oxygen atoms in total. The van der Waals surface area contributed by atoms with Crippen LogP contribution in [0.2, 0.25) is 0 Å². The highest BCUT2D eigenvalue weighted by atomic mass is 32.2. The van der Waals surface area contributed by atoms with Gasteiger partial charge >= 0.3 is 24.5 Å². The van der Waals surface area contributed by atoms with Gasteiger partial charge in [-0.1, -0.05) is 11.8 Å². The highest BCUT2D eigenvalue weighted by Crippen LogP contribution is 2.54. The van der Waals surface area contributed by atoms with Crippen molar-refractivity contribution in [1.29, 1.82) is 0 Å². The van der Waals surface area contributed by atoms with Gasteiger partial charge in [-0.2, -0.15) is 13.2 Å². The fourth-order valence-electron chi connectivity index (χ4n) is 7.27. The molecule has 0 unspecified atom stereocenters. The molecule has 3 N–H and O–H groups in total. The van der Waals surface area contributed by atoms with E-state index in [0.717, 1.165) is 43.8 Å². The summed E-state index contributed by atoms with van der Waals surface area (Å²) in [5.74, 6) is 0. The third-order valence-electron chi connectivity index (χ3n) is 9.95. The van der Waals surface area contributed by atoms with Crippen molar-refractivity contribution >= 4 is 52.8 Å². The maximum Gasteiger partial charge on any atom is 0.419 e. The number of amides is 3. The van der Waals surface area contributed by atoms with Crippen LogP contribution in [0.5, 0.6) is 0 Å². The van der Waals surface area contributed by atoms with Crippen LogP contribution in [0.15, 0.2) is 40.1 Å². The number of alkyl halides is 3. The Kier molecular flexibility index (Phi) is 15.1. The predicted octanol–water partition coefficient (Wildman–Crippen LogP) is 9.07. The molecule has 0 aliphatic carbocycles. The molecule has 3 aliphatic heterocycles. The average molecular weight is 864 g/mol. The molecule has 0 radical (unpaired) electrons. The Hall–Kier alpha value is -4.09. The molecule has 0 bridgehead atoms. The lowest BCUT2D eigenvalue weighted by Crippen LogP contribution is -2.46. The van der Waals surface area contributed by atoms with Crippen LogP contribution in [-0.4, -0.2) is 116 Å². The molecule has 2 saturated heterocycles. The number of nitrogens with one attached hydrogen (secondary N) is 3. The molecule has 5 rings (SSSR count). The third kappa shape index (κ3) is 14.0. The number of carbonyl (C=O) groups is 3. The van der Waals surface area contributed by atoms with Crippen molar-refractivity contribution in [2.24, 2.45) is 0 Å². The molecule has 3 heterocycles. The van der Waals surface area contributed by atoms with Crippen molar-refractivity contribution in [2.45, 2.75) is 127 Å². The first kappa shape index (κ1) is 47.0. The minimum absolute atomic E-state index is 0.162. The summed E-state index contributed by atoms with van der Waals surface area (Å²) >= 11 is 1.24. The van der Waals surface area contributed by atoms with E-state index >= 15 is 0 Å². The third-order valence-corrected chi connectivity index (χ3v) is 11.0. The fourth-order valence-corrected chi connectivity index (χ4v) is 8.43. The van der Waals surface area contributed by atoms with Crippen LogP contribution >= 0.6 is 11.8 Å². The molecule has 3 amide bonds. The fraction of sp³-hybridized carbons (Fsp3) is 0.651. The maximum atomic E-state index is 14.5. The van der Waals surface area contributed by atoms with Crippen LogP contribution in [0.4, 0.5) is 50.3 Å². The predicted molar refractivity (Wildman–Crippen MR) is 230 cm³/mol. The number of hydrogen-bond acceptors (Lipinski definition) is 11. The average Bonchev–Trinajstić information content (AvgIpc) is 3.66. The molecule has 0 atom stereocenters. The lowest BCUT2D eigenvalue weighted by atomic mass is 10.0. The summed E-state index contributed by atoms with van der Waals surface area (Å²) in [6.45, 7) is 22.3. The number of carbonyl (C=O) groups excluding carboxylic acids is 3. The summed E-state index contributed by atoms with van der Waals surface area (Å²) in [5.41, 5.74) is -0.768. The van der Waals surface area contributed by atoms with Crippen molar-refractivity contribution in [2.75, 3.05) is 80.6 Å². The highest BCUT2D eigenvalue weighted by molar-refractivity contribution is 7.99. The van der Waals surface area contributed by atoms with Gasteiger partial charge in [0.2, 0.25) is 0 Å². The van der Waals surface area contributed by atoms with E-state index in [0.29, 0.717) is 86.4 Å². The van der Waals surface area contributed by atoms with Gasteiger partial charge in [0.05, 0.1) is 22.6 Å². The number of alkyl carbamates (subject to hydrolysis) is 2. The number of nitrogens with zero attached hydrogens (tertiary/aromatic N) is 4. The van der Waals surface area contributed by atoms with E-state index in [9.17, 15) is 27.6 Å². The van der Waals surface area contributed by atoms with E-state index in [-0.39, 0.29) is 11.7 Å². The molecule has 0 spiro atoms. The number of halogens is 3. The Morgan fingerprint density at radius 3 is 1.85 bits per heavy atom. The van der Waals surface area contributed by atoms with Gasteiger partial charge < -0.3 is 40.0 Å². The zero-order valence-electron chi connectivity index (χ0n) is 36.6. The Morgan fingerprint density at radius 2 is 1.32 bits per heavy atom. The maximum absolute atomic E-state index is 14.5. The van der Waals surface area contributed by atoms with Crippen LogP contribution in [-0.2, 0) is 20.4 Å². The molecule has 2 fully saturated rings. The van der Waals surface area contributed by atoms with Gasteiger partial charge in [0.25, 0.3) is 0 Å². The first-order chi connectivity index (χ1) is 27.9. The Labute approximate surface area is 357 Å². The van der Waals surface area contributed by atoms with Crippen molar-refractivity contribution in [3.05, 3.63) is 35.9 Å². The number of anilines is 4. The first-order valence-corrected chi connectivity index (χ1v) is 21.8. The summed E-state index contributed by atoms with van der Waals surface area (Å²) in [5, 5.41) is 9.04. The standard InChI is InChI=1S/C43H64F3N7O6S/c1-40(2,3)57-37(54)47-16-22-51(23-17-48-38(55)58-41(4,5)6)25-24-50-20-14-30(15-21-50)49-32-26-29(43(44,45)46)27-35-36(32)53(39(56)59-42(7,8)9)33-13-12-31(28-34(33)60-35)52-18-10-11-19-52/h12-13,26-28,30,49H,10-11,14-25H2,1-9H3,(H,47,54)(H,48,55). The van der Waals surface area contributed by atoms with Gasteiger partial charge in [-0.15, -0.1) is 0 Å². The summed E-state index contributed by atoms with van der Waals surface area (Å²) in [6, 6.07) is 7.88. The van der Waals surface area contributed by atoms with Crippen LogP contribution < -0.4 is 25.8 Å². The van der Waals surface area contributed by atoms with Crippen molar-refractivity contribution in [3.63, 3.8) is 0 Å². The number of rotatable bonds is 12. The molecular weight excluding hydrogens is 800 g/mol. The second kappa shape index (κ2) is 19.3. The molecule has 3 aliphatic rings. The van der Waals surface area contributed by atoms with Gasteiger partial charge in [0, 0.05) is 87.0 Å². The molecule has 2 aromatic carbocycles. The largest absolute Gasteiger partial charge is 0.444 e. The van der Waals surface area contributed by atoms with Crippen LogP contribution in [0.3, 0.4) is 0 Å². The summed E-state index contributed by atoms with van der Waals surface area (Å²) < 4.78 is 60.2. The van der Waals surface area contributed by atoms with Crippen molar-refractivity contribution < 1.29 is 41.8 Å². The molecule has 334 valence electrons. The van der Waals surface area contributed by atoms with Gasteiger partial charge in [-0.05, 0) is 118 Å². The van der Waals surface area contributed by atoms with Crippen molar-refractivity contribution in [1.82, 2.24) is 20.4 Å². The molecular formula is C43H64F3N7O6S. The SMILES string of the molecule is CC(C)(C)OC(=O)NCCN(CCNC(=O)OC(C)(C)C)CCN1CCC(Nc2cc(C(F)(F)F)cc3c2N(C(=O)OC(C)(C)C)c2ccc(N4CCCC4)cc2S3)CC1. The molecule has 0 aromatic heterocycles. The smallest absolute Gasteiger partial charge is 0.419 e. The van der Waals surface area contributed by atoms with E-state index in [2.05, 4.69) is 30.7 Å². The van der Waals surface area contributed by atoms with Crippen LogP contribution in [0.25, 0.3) is 0 Å². The van der Waals surface area contributed by atoms with Gasteiger partial charge in [0.15, 0.2) is 0 Å². The summed E-state index contributed by atoms with van der Waals surface area (Å²) in [4.78, 5) is 47.8. The number of ether oxygens (including phenoxy) is 3. The summed E-state index contributed by atoms with van der Waals surface area (Å²) in [6.07, 6.45) is -2.83.